The van der Waals surface area contributed by atoms with E-state index >= 15 is 0 Å². The molecule has 1 N–H and O–H groups in total. The minimum absolute atomic E-state index is 0.177. The maximum absolute atomic E-state index is 12.4. The number of hydrogen-bond donors (Lipinski definition) is 1. The smallest absolute Gasteiger partial charge is 0.269 e. The van der Waals surface area contributed by atoms with Gasteiger partial charge in [-0.15, -0.1) is 0 Å². The summed E-state index contributed by atoms with van der Waals surface area (Å²) in [5.74, 6) is 0.656. The number of nitrogens with zero attached hydrogens (tertiary/aromatic N) is 2. The van der Waals surface area contributed by atoms with Gasteiger partial charge in [0.05, 0.1) is 19.0 Å². The number of aromatic nitrogens is 1. The first-order chi connectivity index (χ1) is 13.7. The van der Waals surface area contributed by atoms with E-state index in [1.165, 1.54) is 0 Å². The van der Waals surface area contributed by atoms with Crippen LogP contribution in [0.3, 0.4) is 0 Å². The van der Waals surface area contributed by atoms with E-state index in [1.54, 1.807) is 19.4 Å². The number of carbonyl (C=O) groups excluding carboxylic acids is 1. The quantitative estimate of drug-likeness (QED) is 0.640. The van der Waals surface area contributed by atoms with Crippen LogP contribution in [0.5, 0.6) is 5.75 Å². The second kappa shape index (κ2) is 9.55. The average molecular weight is 375 g/mol. The fourth-order valence-electron chi connectivity index (χ4n) is 3.11. The van der Waals surface area contributed by atoms with Crippen LogP contribution in [0.1, 0.15) is 23.0 Å². The van der Waals surface area contributed by atoms with Crippen molar-refractivity contribution < 1.29 is 9.53 Å². The number of carbonyl (C=O) groups is 1. The highest BCUT2D eigenvalue weighted by molar-refractivity contribution is 5.92. The lowest BCUT2D eigenvalue weighted by Crippen LogP contribution is -2.26. The molecule has 0 saturated carbocycles. The van der Waals surface area contributed by atoms with Crippen molar-refractivity contribution in [2.24, 2.45) is 0 Å². The molecule has 0 atom stereocenters. The number of hydrogen-bond acceptors (Lipinski definition) is 4. The predicted molar refractivity (Wildman–Crippen MR) is 112 cm³/mol. The first-order valence-electron chi connectivity index (χ1n) is 9.41. The van der Waals surface area contributed by atoms with Crippen LogP contribution in [0.25, 0.3) is 0 Å². The van der Waals surface area contributed by atoms with E-state index in [4.69, 9.17) is 4.74 Å². The van der Waals surface area contributed by atoms with Crippen molar-refractivity contribution in [3.05, 3.63) is 84.2 Å². The molecule has 0 unspecified atom stereocenters. The van der Waals surface area contributed by atoms with Crippen LogP contribution in [-0.2, 0) is 6.42 Å². The van der Waals surface area contributed by atoms with Gasteiger partial charge in [-0.1, -0.05) is 36.4 Å². The summed E-state index contributed by atoms with van der Waals surface area (Å²) in [6.07, 6.45) is 2.44. The summed E-state index contributed by atoms with van der Waals surface area (Å²) < 4.78 is 5.34. The molecule has 0 radical (unpaired) electrons. The lowest BCUT2D eigenvalue weighted by molar-refractivity contribution is 0.0949. The van der Waals surface area contributed by atoms with Gasteiger partial charge in [-0.05, 0) is 49.2 Å². The average Bonchev–Trinajstić information content (AvgIpc) is 2.76. The third-order valence-electron chi connectivity index (χ3n) is 4.55. The Balaban J connectivity index is 1.60. The third kappa shape index (κ3) is 4.68. The summed E-state index contributed by atoms with van der Waals surface area (Å²) in [5.41, 5.74) is 3.53. The van der Waals surface area contributed by atoms with Crippen LogP contribution < -0.4 is 15.0 Å². The maximum atomic E-state index is 12.4. The van der Waals surface area contributed by atoms with Crippen LogP contribution in [0.2, 0.25) is 0 Å². The number of ether oxygens (including phenoxy) is 1. The van der Waals surface area contributed by atoms with Crippen LogP contribution >= 0.6 is 0 Å². The number of benzene rings is 2. The number of para-hydroxylation sites is 2. The van der Waals surface area contributed by atoms with Crippen molar-refractivity contribution in [2.45, 2.75) is 13.3 Å². The van der Waals surface area contributed by atoms with Crippen LogP contribution in [0.4, 0.5) is 11.4 Å². The van der Waals surface area contributed by atoms with Gasteiger partial charge in [0.2, 0.25) is 0 Å². The Kier molecular flexibility index (Phi) is 6.63. The molecule has 3 rings (SSSR count). The number of rotatable bonds is 8. The summed E-state index contributed by atoms with van der Waals surface area (Å²) >= 11 is 0. The molecule has 0 saturated heterocycles. The third-order valence-corrected chi connectivity index (χ3v) is 4.55. The van der Waals surface area contributed by atoms with Gasteiger partial charge in [0.1, 0.15) is 11.4 Å². The highest BCUT2D eigenvalue weighted by atomic mass is 16.5. The second-order valence-corrected chi connectivity index (χ2v) is 6.30. The minimum atomic E-state index is -0.177. The van der Waals surface area contributed by atoms with Gasteiger partial charge in [-0.25, -0.2) is 4.98 Å². The standard InChI is InChI=1S/C23H25N3O2/c1-3-26(19-10-5-4-6-11-19)20-13-14-21(25-17-20)23(27)24-16-15-18-9-7-8-12-22(18)28-2/h4-14,17H,3,15-16H2,1-2H3,(H,24,27). The lowest BCUT2D eigenvalue weighted by Gasteiger charge is -2.22. The molecule has 1 aromatic heterocycles. The summed E-state index contributed by atoms with van der Waals surface area (Å²) in [6.45, 7) is 3.43. The Morgan fingerprint density at radius 2 is 1.75 bits per heavy atom. The second-order valence-electron chi connectivity index (χ2n) is 6.30. The summed E-state index contributed by atoms with van der Waals surface area (Å²) in [7, 11) is 1.65. The first kappa shape index (κ1) is 19.4. The molecule has 0 fully saturated rings. The van der Waals surface area contributed by atoms with Crippen molar-refractivity contribution in [3.8, 4) is 5.75 Å². The van der Waals surface area contributed by atoms with Gasteiger partial charge in [0.15, 0.2) is 0 Å². The van der Waals surface area contributed by atoms with Gasteiger partial charge in [0, 0.05) is 18.8 Å². The molecule has 5 heteroatoms. The van der Waals surface area contributed by atoms with E-state index in [9.17, 15) is 4.79 Å². The first-order valence-corrected chi connectivity index (χ1v) is 9.41. The van der Waals surface area contributed by atoms with Crippen molar-refractivity contribution in [1.29, 1.82) is 0 Å². The Labute approximate surface area is 166 Å². The molecule has 1 amide bonds. The highest BCUT2D eigenvalue weighted by Crippen LogP contribution is 2.24. The number of nitrogens with one attached hydrogen (secondary N) is 1. The maximum Gasteiger partial charge on any atom is 0.269 e. The minimum Gasteiger partial charge on any atom is -0.496 e. The fourth-order valence-corrected chi connectivity index (χ4v) is 3.11. The van der Waals surface area contributed by atoms with E-state index in [0.29, 0.717) is 18.7 Å². The monoisotopic (exact) mass is 375 g/mol. The van der Waals surface area contributed by atoms with E-state index in [0.717, 1.165) is 29.2 Å². The van der Waals surface area contributed by atoms with E-state index in [1.807, 2.05) is 48.5 Å². The molecule has 0 aliphatic carbocycles. The SMILES string of the molecule is CCN(c1ccccc1)c1ccc(C(=O)NCCc2ccccc2OC)nc1. The fraction of sp³-hybridized carbons (Fsp3) is 0.217. The molecular formula is C23H25N3O2. The zero-order chi connectivity index (χ0) is 19.8. The zero-order valence-corrected chi connectivity index (χ0v) is 16.3. The number of pyridine rings is 1. The summed E-state index contributed by atoms with van der Waals surface area (Å²) in [4.78, 5) is 18.9. The van der Waals surface area contributed by atoms with E-state index < -0.39 is 0 Å². The molecule has 0 spiro atoms. The van der Waals surface area contributed by atoms with Gasteiger partial charge >= 0.3 is 0 Å². The molecule has 144 valence electrons. The van der Waals surface area contributed by atoms with E-state index in [2.05, 4.69) is 34.3 Å². The highest BCUT2D eigenvalue weighted by Gasteiger charge is 2.11. The van der Waals surface area contributed by atoms with Gasteiger partial charge < -0.3 is 15.0 Å². The number of anilines is 2. The van der Waals surface area contributed by atoms with Crippen LogP contribution in [0.15, 0.2) is 72.9 Å². The van der Waals surface area contributed by atoms with E-state index in [-0.39, 0.29) is 5.91 Å². The van der Waals surface area contributed by atoms with Crippen molar-refractivity contribution in [3.63, 3.8) is 0 Å². The van der Waals surface area contributed by atoms with Gasteiger partial charge in [0.25, 0.3) is 5.91 Å². The number of amides is 1. The Morgan fingerprint density at radius 1 is 1.00 bits per heavy atom. The lowest BCUT2D eigenvalue weighted by atomic mass is 10.1. The predicted octanol–water partition coefficient (Wildman–Crippen LogP) is 4.22. The zero-order valence-electron chi connectivity index (χ0n) is 16.3. The molecule has 28 heavy (non-hydrogen) atoms. The topological polar surface area (TPSA) is 54.5 Å². The normalized spacial score (nSPS) is 10.4. The summed E-state index contributed by atoms with van der Waals surface area (Å²) in [6, 6.07) is 21.6. The molecule has 2 aromatic carbocycles. The Hall–Kier alpha value is -3.34. The Bertz CT molecular complexity index is 895. The largest absolute Gasteiger partial charge is 0.496 e. The van der Waals surface area contributed by atoms with Gasteiger partial charge in [-0.2, -0.15) is 0 Å². The van der Waals surface area contributed by atoms with Gasteiger partial charge in [-0.3, -0.25) is 4.79 Å². The van der Waals surface area contributed by atoms with Crippen molar-refractivity contribution in [1.82, 2.24) is 10.3 Å². The van der Waals surface area contributed by atoms with Crippen molar-refractivity contribution in [2.75, 3.05) is 25.1 Å². The van der Waals surface area contributed by atoms with Crippen LogP contribution in [-0.4, -0.2) is 31.1 Å². The molecule has 0 bridgehead atoms. The molecule has 3 aromatic rings. The molecular weight excluding hydrogens is 350 g/mol. The van der Waals surface area contributed by atoms with Crippen LogP contribution in [0, 0.1) is 0 Å². The molecule has 5 nitrogen and oxygen atoms in total. The number of methoxy groups -OCH3 is 1. The Morgan fingerprint density at radius 3 is 2.43 bits per heavy atom. The summed E-state index contributed by atoms with van der Waals surface area (Å²) in [5, 5.41) is 2.92. The van der Waals surface area contributed by atoms with Crippen molar-refractivity contribution >= 4 is 17.3 Å². The molecule has 0 aliphatic rings. The molecule has 0 aliphatic heterocycles. The molecule has 1 heterocycles.